The Bertz CT molecular complexity index is 1340. The molecule has 0 bridgehead atoms. The van der Waals surface area contributed by atoms with Crippen LogP contribution < -0.4 is 16.4 Å². The maximum Gasteiger partial charge on any atom is 0.326 e. The Kier molecular flexibility index (Phi) is 9.20. The number of aromatic amines is 2. The molecule has 4 rings (SSSR count). The van der Waals surface area contributed by atoms with Gasteiger partial charge in [0.1, 0.15) is 18.1 Å². The zero-order valence-corrected chi connectivity index (χ0v) is 22.7. The summed E-state index contributed by atoms with van der Waals surface area (Å²) in [5.74, 6) is -2.82. The number of aliphatic carboxylic acids is 1. The average molecular weight is 552 g/mol. The number of likely N-dealkylation sites (tertiary alicyclic amines) is 1. The number of carboxylic acid groups (broad SMARTS) is 1. The summed E-state index contributed by atoms with van der Waals surface area (Å²) < 4.78 is 0. The van der Waals surface area contributed by atoms with Crippen LogP contribution in [-0.4, -0.2) is 79.4 Å². The van der Waals surface area contributed by atoms with E-state index in [4.69, 9.17) is 5.73 Å². The van der Waals surface area contributed by atoms with Gasteiger partial charge in [-0.15, -0.1) is 0 Å². The number of carboxylic acids is 1. The molecule has 5 unspecified atom stereocenters. The molecule has 0 aliphatic carbocycles. The number of para-hydroxylation sites is 1. The summed E-state index contributed by atoms with van der Waals surface area (Å²) in [6.07, 6.45) is 6.74. The largest absolute Gasteiger partial charge is 0.480 e. The molecule has 5 atom stereocenters. The zero-order valence-electron chi connectivity index (χ0n) is 22.7. The van der Waals surface area contributed by atoms with E-state index in [2.05, 4.69) is 25.6 Å². The van der Waals surface area contributed by atoms with Crippen molar-refractivity contribution in [3.8, 4) is 0 Å². The quantitative estimate of drug-likeness (QED) is 0.194. The predicted molar refractivity (Wildman–Crippen MR) is 148 cm³/mol. The first-order chi connectivity index (χ1) is 19.2. The maximum atomic E-state index is 13.7. The van der Waals surface area contributed by atoms with Crippen molar-refractivity contribution >= 4 is 34.6 Å². The third-order valence-corrected chi connectivity index (χ3v) is 7.66. The van der Waals surface area contributed by atoms with Gasteiger partial charge in [-0.3, -0.25) is 14.4 Å². The van der Waals surface area contributed by atoms with Crippen LogP contribution in [0.3, 0.4) is 0 Å². The van der Waals surface area contributed by atoms with Crippen LogP contribution in [-0.2, 0) is 32.0 Å². The number of carbonyl (C=O) groups is 4. The van der Waals surface area contributed by atoms with Crippen molar-refractivity contribution in [1.29, 1.82) is 0 Å². The smallest absolute Gasteiger partial charge is 0.326 e. The van der Waals surface area contributed by atoms with Gasteiger partial charge in [0.25, 0.3) is 0 Å². The van der Waals surface area contributed by atoms with E-state index in [1.807, 2.05) is 38.1 Å². The molecule has 1 saturated heterocycles. The van der Waals surface area contributed by atoms with E-state index in [-0.39, 0.29) is 18.8 Å². The minimum Gasteiger partial charge on any atom is -0.480 e. The Morgan fingerprint density at radius 2 is 1.93 bits per heavy atom. The van der Waals surface area contributed by atoms with Gasteiger partial charge < -0.3 is 36.3 Å². The normalized spacial score (nSPS) is 18.2. The first-order valence-corrected chi connectivity index (χ1v) is 13.6. The van der Waals surface area contributed by atoms with Crippen molar-refractivity contribution < 1.29 is 24.3 Å². The highest BCUT2D eigenvalue weighted by Crippen LogP contribution is 2.23. The minimum absolute atomic E-state index is 0.151. The molecule has 12 heteroatoms. The summed E-state index contributed by atoms with van der Waals surface area (Å²) in [4.78, 5) is 63.6. The Morgan fingerprint density at radius 1 is 1.15 bits per heavy atom. The lowest BCUT2D eigenvalue weighted by Gasteiger charge is -2.30. The summed E-state index contributed by atoms with van der Waals surface area (Å²) in [6, 6.07) is 3.78. The van der Waals surface area contributed by atoms with Gasteiger partial charge in [0.15, 0.2) is 0 Å². The number of amides is 3. The van der Waals surface area contributed by atoms with Crippen LogP contribution in [0.15, 0.2) is 43.0 Å². The average Bonchev–Trinajstić information content (AvgIpc) is 3.72. The van der Waals surface area contributed by atoms with Gasteiger partial charge in [-0.05, 0) is 30.4 Å². The maximum absolute atomic E-state index is 13.7. The van der Waals surface area contributed by atoms with E-state index >= 15 is 0 Å². The molecule has 1 fully saturated rings. The molecule has 40 heavy (non-hydrogen) atoms. The lowest BCUT2D eigenvalue weighted by atomic mass is 9.96. The van der Waals surface area contributed by atoms with Crippen LogP contribution >= 0.6 is 0 Å². The summed E-state index contributed by atoms with van der Waals surface area (Å²) in [5, 5.41) is 16.2. The molecule has 7 N–H and O–H groups in total. The van der Waals surface area contributed by atoms with Gasteiger partial charge in [-0.25, -0.2) is 9.78 Å². The van der Waals surface area contributed by atoms with Crippen molar-refractivity contribution in [2.75, 3.05) is 6.54 Å². The molecular weight excluding hydrogens is 514 g/mol. The lowest BCUT2D eigenvalue weighted by Crippen LogP contribution is -2.59. The summed E-state index contributed by atoms with van der Waals surface area (Å²) in [7, 11) is 0. The van der Waals surface area contributed by atoms with E-state index in [1.54, 1.807) is 12.4 Å². The second kappa shape index (κ2) is 12.8. The monoisotopic (exact) mass is 551 g/mol. The fraction of sp³-hybridized carbons (Fsp3) is 0.464. The summed E-state index contributed by atoms with van der Waals surface area (Å²) >= 11 is 0. The van der Waals surface area contributed by atoms with Crippen molar-refractivity contribution in [3.63, 3.8) is 0 Å². The number of fused-ring (bicyclic) bond motifs is 1. The van der Waals surface area contributed by atoms with E-state index in [0.29, 0.717) is 31.5 Å². The standard InChI is InChI=1S/C28H37N7O5/c1-3-16(2)24(34-25(36)20(29)12-18-14-30-15-32-18)26(37)33-22(27(38)35-10-6-9-23(35)28(39)40)11-17-13-31-21-8-5-4-7-19(17)21/h4-5,7-8,13-16,20,22-24,31H,3,6,9-12,29H2,1-2H3,(H,30,32)(H,33,37)(H,34,36)(H,39,40). The molecule has 1 aliphatic heterocycles. The highest BCUT2D eigenvalue weighted by molar-refractivity contribution is 5.95. The van der Waals surface area contributed by atoms with Crippen LogP contribution in [0.25, 0.3) is 10.9 Å². The molecule has 0 spiro atoms. The van der Waals surface area contributed by atoms with Crippen LogP contribution in [0.2, 0.25) is 0 Å². The van der Waals surface area contributed by atoms with Crippen molar-refractivity contribution in [2.24, 2.45) is 11.7 Å². The number of hydrogen-bond acceptors (Lipinski definition) is 6. The minimum atomic E-state index is -1.07. The van der Waals surface area contributed by atoms with Gasteiger partial charge in [-0.1, -0.05) is 38.5 Å². The number of H-pyrrole nitrogens is 2. The van der Waals surface area contributed by atoms with Gasteiger partial charge in [0, 0.05) is 48.4 Å². The van der Waals surface area contributed by atoms with E-state index in [1.165, 1.54) is 11.2 Å². The molecular formula is C28H37N7O5. The molecule has 0 radical (unpaired) electrons. The van der Waals surface area contributed by atoms with Crippen LogP contribution in [0.1, 0.15) is 44.4 Å². The third-order valence-electron chi connectivity index (χ3n) is 7.66. The fourth-order valence-corrected chi connectivity index (χ4v) is 5.16. The number of carbonyl (C=O) groups excluding carboxylic acids is 3. The molecule has 12 nitrogen and oxygen atoms in total. The number of nitrogens with two attached hydrogens (primary N) is 1. The summed E-state index contributed by atoms with van der Waals surface area (Å²) in [5.41, 5.74) is 8.49. The van der Waals surface area contributed by atoms with Gasteiger partial charge in [0.2, 0.25) is 17.7 Å². The van der Waals surface area contributed by atoms with Gasteiger partial charge in [0.05, 0.1) is 12.4 Å². The number of benzene rings is 1. The van der Waals surface area contributed by atoms with E-state index < -0.39 is 47.9 Å². The second-order valence-corrected chi connectivity index (χ2v) is 10.4. The first-order valence-electron chi connectivity index (χ1n) is 13.6. The molecule has 1 aromatic carbocycles. The number of nitrogens with one attached hydrogen (secondary N) is 4. The highest BCUT2D eigenvalue weighted by atomic mass is 16.4. The second-order valence-electron chi connectivity index (χ2n) is 10.4. The van der Waals surface area contributed by atoms with Gasteiger partial charge >= 0.3 is 5.97 Å². The van der Waals surface area contributed by atoms with E-state index in [9.17, 15) is 24.3 Å². The Balaban J connectivity index is 1.56. The predicted octanol–water partition coefficient (Wildman–Crippen LogP) is 1.09. The Labute approximate surface area is 232 Å². The zero-order chi connectivity index (χ0) is 28.8. The fourth-order valence-electron chi connectivity index (χ4n) is 5.16. The van der Waals surface area contributed by atoms with Crippen molar-refractivity contribution in [2.45, 2.75) is 70.1 Å². The van der Waals surface area contributed by atoms with Crippen molar-refractivity contribution in [1.82, 2.24) is 30.5 Å². The van der Waals surface area contributed by atoms with E-state index in [0.717, 1.165) is 16.5 Å². The molecule has 3 amide bonds. The molecule has 214 valence electrons. The SMILES string of the molecule is CCC(C)C(NC(=O)C(N)Cc1cnc[nH]1)C(=O)NC(Cc1c[nH]c2ccccc12)C(=O)N1CCCC1C(=O)O. The lowest BCUT2D eigenvalue weighted by molar-refractivity contribution is -0.149. The molecule has 1 aliphatic rings. The first kappa shape index (κ1) is 28.8. The molecule has 3 aromatic rings. The molecule has 2 aromatic heterocycles. The Hall–Kier alpha value is -4.19. The van der Waals surface area contributed by atoms with Crippen LogP contribution in [0.4, 0.5) is 0 Å². The topological polar surface area (TPSA) is 186 Å². The summed E-state index contributed by atoms with van der Waals surface area (Å²) in [6.45, 7) is 4.03. The van der Waals surface area contributed by atoms with Crippen LogP contribution in [0, 0.1) is 5.92 Å². The molecule has 0 saturated carbocycles. The molecule has 3 heterocycles. The number of hydrogen-bond donors (Lipinski definition) is 6. The van der Waals surface area contributed by atoms with Gasteiger partial charge in [-0.2, -0.15) is 0 Å². The third kappa shape index (κ3) is 6.50. The highest BCUT2D eigenvalue weighted by Gasteiger charge is 2.39. The number of imidazole rings is 1. The Morgan fingerprint density at radius 3 is 2.62 bits per heavy atom. The van der Waals surface area contributed by atoms with Crippen LogP contribution in [0.5, 0.6) is 0 Å². The van der Waals surface area contributed by atoms with Crippen molar-refractivity contribution in [3.05, 3.63) is 54.2 Å². The number of aromatic nitrogens is 3. The number of nitrogens with zero attached hydrogens (tertiary/aromatic N) is 2. The number of rotatable bonds is 12.